The van der Waals surface area contributed by atoms with Crippen LogP contribution in [-0.2, 0) is 0 Å². The van der Waals surface area contributed by atoms with Gasteiger partial charge < -0.3 is 28.8 Å². The van der Waals surface area contributed by atoms with Gasteiger partial charge in [-0.25, -0.2) is 0 Å². The predicted molar refractivity (Wildman–Crippen MR) is 93.1 cm³/mol. The topological polar surface area (TPSA) is 83.5 Å². The summed E-state index contributed by atoms with van der Waals surface area (Å²) in [5.41, 5.74) is 1.02. The highest BCUT2D eigenvalue weighted by molar-refractivity contribution is 6.01. The SMILES string of the molecule is COc1cc([C@@H]2CC(=O)c3ccc(OC)c(OC)c3O2)cc(O)c1OC. The maximum absolute atomic E-state index is 12.6. The summed E-state index contributed by atoms with van der Waals surface area (Å²) < 4.78 is 27.1. The van der Waals surface area contributed by atoms with E-state index < -0.39 is 6.10 Å². The quantitative estimate of drug-likeness (QED) is 0.877. The molecule has 0 aliphatic carbocycles. The van der Waals surface area contributed by atoms with E-state index >= 15 is 0 Å². The van der Waals surface area contributed by atoms with E-state index in [9.17, 15) is 9.90 Å². The summed E-state index contributed by atoms with van der Waals surface area (Å²) in [5, 5.41) is 10.2. The van der Waals surface area contributed by atoms with Crippen LogP contribution in [-0.4, -0.2) is 39.3 Å². The molecule has 7 nitrogen and oxygen atoms in total. The number of fused-ring (bicyclic) bond motifs is 1. The molecule has 0 radical (unpaired) electrons. The summed E-state index contributed by atoms with van der Waals surface area (Å²) in [6.45, 7) is 0. The summed E-state index contributed by atoms with van der Waals surface area (Å²) >= 11 is 0. The standard InChI is InChI=1S/C19H20O7/c1-22-14-6-5-11-12(20)9-15(26-17(11)19(14)25-4)10-7-13(21)18(24-3)16(8-10)23-2/h5-8,15,21H,9H2,1-4H3/t15-/m0/s1. The molecule has 0 bridgehead atoms. The number of hydrogen-bond acceptors (Lipinski definition) is 7. The van der Waals surface area contributed by atoms with E-state index in [1.54, 1.807) is 18.2 Å². The van der Waals surface area contributed by atoms with E-state index in [0.29, 0.717) is 34.1 Å². The fraction of sp³-hybridized carbons (Fsp3) is 0.316. The van der Waals surface area contributed by atoms with Gasteiger partial charge in [-0.05, 0) is 24.3 Å². The van der Waals surface area contributed by atoms with Crippen molar-refractivity contribution < 1.29 is 33.6 Å². The summed E-state index contributed by atoms with van der Waals surface area (Å²) in [5.74, 6) is 1.53. The molecule has 0 saturated carbocycles. The number of phenols is 1. The first-order valence-corrected chi connectivity index (χ1v) is 7.93. The highest BCUT2D eigenvalue weighted by atomic mass is 16.5. The number of carbonyl (C=O) groups excluding carboxylic acids is 1. The Morgan fingerprint density at radius 2 is 1.65 bits per heavy atom. The first-order valence-electron chi connectivity index (χ1n) is 7.93. The highest BCUT2D eigenvalue weighted by Crippen LogP contribution is 2.47. The summed E-state index contributed by atoms with van der Waals surface area (Å²) in [6, 6.07) is 6.49. The Bertz CT molecular complexity index is 844. The zero-order chi connectivity index (χ0) is 18.8. The normalized spacial score (nSPS) is 15.7. The molecular formula is C19H20O7. The molecule has 138 valence electrons. The third-order valence-corrected chi connectivity index (χ3v) is 4.28. The van der Waals surface area contributed by atoms with Crippen molar-refractivity contribution in [1.29, 1.82) is 0 Å². The second-order valence-corrected chi connectivity index (χ2v) is 5.69. The van der Waals surface area contributed by atoms with Crippen molar-refractivity contribution in [3.05, 3.63) is 35.4 Å². The number of phenolic OH excluding ortho intramolecular Hbond substituents is 1. The van der Waals surface area contributed by atoms with Gasteiger partial charge in [0.15, 0.2) is 28.8 Å². The molecule has 1 atom stereocenters. The number of methoxy groups -OCH3 is 4. The van der Waals surface area contributed by atoms with Crippen LogP contribution in [0.3, 0.4) is 0 Å². The highest BCUT2D eigenvalue weighted by Gasteiger charge is 2.32. The van der Waals surface area contributed by atoms with Crippen molar-refractivity contribution in [2.24, 2.45) is 0 Å². The first kappa shape index (κ1) is 17.7. The van der Waals surface area contributed by atoms with Crippen LogP contribution in [0, 0.1) is 0 Å². The Hall–Kier alpha value is -3.09. The number of hydrogen-bond donors (Lipinski definition) is 1. The van der Waals surface area contributed by atoms with Gasteiger partial charge in [-0.2, -0.15) is 0 Å². The molecule has 2 aromatic rings. The van der Waals surface area contributed by atoms with E-state index in [1.165, 1.54) is 34.5 Å². The monoisotopic (exact) mass is 360 g/mol. The molecule has 0 fully saturated rings. The second kappa shape index (κ2) is 7.03. The lowest BCUT2D eigenvalue weighted by Crippen LogP contribution is -2.21. The Kier molecular flexibility index (Phi) is 4.79. The molecular weight excluding hydrogens is 340 g/mol. The maximum atomic E-state index is 12.6. The van der Waals surface area contributed by atoms with Crippen LogP contribution in [0.15, 0.2) is 24.3 Å². The molecule has 1 N–H and O–H groups in total. The number of rotatable bonds is 5. The van der Waals surface area contributed by atoms with Crippen LogP contribution >= 0.6 is 0 Å². The maximum Gasteiger partial charge on any atom is 0.204 e. The molecule has 0 unspecified atom stereocenters. The van der Waals surface area contributed by atoms with Gasteiger partial charge in [0.1, 0.15) is 6.10 Å². The van der Waals surface area contributed by atoms with Crippen LogP contribution < -0.4 is 23.7 Å². The third-order valence-electron chi connectivity index (χ3n) is 4.28. The molecule has 26 heavy (non-hydrogen) atoms. The van der Waals surface area contributed by atoms with Crippen molar-refractivity contribution in [2.45, 2.75) is 12.5 Å². The van der Waals surface area contributed by atoms with E-state index in [2.05, 4.69) is 0 Å². The van der Waals surface area contributed by atoms with E-state index in [-0.39, 0.29) is 23.7 Å². The molecule has 1 aliphatic heterocycles. The van der Waals surface area contributed by atoms with Crippen molar-refractivity contribution in [3.8, 4) is 34.5 Å². The summed E-state index contributed by atoms with van der Waals surface area (Å²) in [7, 11) is 5.90. The van der Waals surface area contributed by atoms with Crippen molar-refractivity contribution in [1.82, 2.24) is 0 Å². The third kappa shape index (κ3) is 2.85. The number of Topliss-reactive ketones (excluding diaryl/α,β-unsaturated/α-hetero) is 1. The second-order valence-electron chi connectivity index (χ2n) is 5.69. The molecule has 2 aromatic carbocycles. The molecule has 3 rings (SSSR count). The Morgan fingerprint density at radius 1 is 0.962 bits per heavy atom. The van der Waals surface area contributed by atoms with Crippen molar-refractivity contribution >= 4 is 5.78 Å². The largest absolute Gasteiger partial charge is 0.504 e. The fourth-order valence-electron chi connectivity index (χ4n) is 3.03. The zero-order valence-electron chi connectivity index (χ0n) is 15.0. The van der Waals surface area contributed by atoms with Gasteiger partial charge in [-0.1, -0.05) is 0 Å². The molecule has 0 aromatic heterocycles. The molecule has 1 heterocycles. The Balaban J connectivity index is 2.06. The molecule has 1 aliphatic rings. The molecule has 0 saturated heterocycles. The average molecular weight is 360 g/mol. The van der Waals surface area contributed by atoms with Gasteiger partial charge in [0, 0.05) is 5.56 Å². The number of ketones is 1. The number of carbonyl (C=O) groups is 1. The van der Waals surface area contributed by atoms with E-state index in [1.807, 2.05) is 0 Å². The van der Waals surface area contributed by atoms with Crippen LogP contribution in [0.4, 0.5) is 0 Å². The van der Waals surface area contributed by atoms with E-state index in [0.717, 1.165) is 0 Å². The molecule has 0 spiro atoms. The van der Waals surface area contributed by atoms with Gasteiger partial charge in [0.2, 0.25) is 11.5 Å². The van der Waals surface area contributed by atoms with Gasteiger partial charge in [-0.15, -0.1) is 0 Å². The molecule has 0 amide bonds. The van der Waals surface area contributed by atoms with Gasteiger partial charge in [0.25, 0.3) is 0 Å². The fourth-order valence-corrected chi connectivity index (χ4v) is 3.03. The molecule has 7 heteroatoms. The van der Waals surface area contributed by atoms with Gasteiger partial charge in [-0.3, -0.25) is 4.79 Å². The summed E-state index contributed by atoms with van der Waals surface area (Å²) in [6.07, 6.45) is -0.487. The van der Waals surface area contributed by atoms with Gasteiger partial charge >= 0.3 is 0 Å². The summed E-state index contributed by atoms with van der Waals surface area (Å²) in [4.78, 5) is 12.6. The van der Waals surface area contributed by atoms with Crippen molar-refractivity contribution in [2.75, 3.05) is 28.4 Å². The lowest BCUT2D eigenvalue weighted by Gasteiger charge is -2.28. The smallest absolute Gasteiger partial charge is 0.204 e. The number of aromatic hydroxyl groups is 1. The van der Waals surface area contributed by atoms with Crippen LogP contribution in [0.2, 0.25) is 0 Å². The van der Waals surface area contributed by atoms with Crippen LogP contribution in [0.1, 0.15) is 28.4 Å². The van der Waals surface area contributed by atoms with Crippen LogP contribution in [0.25, 0.3) is 0 Å². The lowest BCUT2D eigenvalue weighted by atomic mass is 9.95. The Labute approximate surface area is 151 Å². The first-order chi connectivity index (χ1) is 12.5. The predicted octanol–water partition coefficient (Wildman–Crippen LogP) is 3.13. The minimum Gasteiger partial charge on any atom is -0.504 e. The van der Waals surface area contributed by atoms with Gasteiger partial charge in [0.05, 0.1) is 40.4 Å². The minimum absolute atomic E-state index is 0.0912. The average Bonchev–Trinajstić information content (AvgIpc) is 2.65. The van der Waals surface area contributed by atoms with E-state index in [4.69, 9.17) is 23.7 Å². The number of ether oxygens (including phenoxy) is 5. The minimum atomic E-state index is -0.610. The Morgan fingerprint density at radius 3 is 2.27 bits per heavy atom. The van der Waals surface area contributed by atoms with Crippen molar-refractivity contribution in [3.63, 3.8) is 0 Å². The van der Waals surface area contributed by atoms with Crippen LogP contribution in [0.5, 0.6) is 34.5 Å². The zero-order valence-corrected chi connectivity index (χ0v) is 15.0. The number of benzene rings is 2. The lowest BCUT2D eigenvalue weighted by molar-refractivity contribution is 0.0840.